The van der Waals surface area contributed by atoms with Gasteiger partial charge in [-0.1, -0.05) is 11.6 Å². The van der Waals surface area contributed by atoms with Gasteiger partial charge in [0, 0.05) is 30.1 Å². The fourth-order valence-electron chi connectivity index (χ4n) is 2.38. The number of nitriles is 1. The molecular weight excluding hydrogens is 398 g/mol. The Bertz CT molecular complexity index is 969. The maximum Gasteiger partial charge on any atom is 0.267 e. The van der Waals surface area contributed by atoms with E-state index in [1.165, 1.54) is 34.6 Å². The van der Waals surface area contributed by atoms with Crippen LogP contribution >= 0.6 is 11.6 Å². The number of benzene rings is 2. The highest BCUT2D eigenvalue weighted by molar-refractivity contribution is 6.32. The quantitative estimate of drug-likeness (QED) is 0.497. The first-order valence-electron chi connectivity index (χ1n) is 8.29. The minimum atomic E-state index is -0.605. The number of methoxy groups -OCH3 is 4. The summed E-state index contributed by atoms with van der Waals surface area (Å²) in [5.74, 6) is 1.20. The second-order valence-electron chi connectivity index (χ2n) is 5.53. The number of anilines is 2. The van der Waals surface area contributed by atoms with Crippen molar-refractivity contribution < 1.29 is 23.7 Å². The zero-order valence-corrected chi connectivity index (χ0v) is 17.1. The van der Waals surface area contributed by atoms with E-state index < -0.39 is 5.91 Å². The van der Waals surface area contributed by atoms with E-state index >= 15 is 0 Å². The number of nitrogens with zero attached hydrogens (tertiary/aromatic N) is 1. The van der Waals surface area contributed by atoms with Crippen LogP contribution < -0.4 is 29.6 Å². The molecule has 0 fully saturated rings. The molecule has 0 aliphatic carbocycles. The van der Waals surface area contributed by atoms with Gasteiger partial charge in [0.15, 0.2) is 11.5 Å². The van der Waals surface area contributed by atoms with Gasteiger partial charge in [0.25, 0.3) is 5.91 Å². The second-order valence-corrected chi connectivity index (χ2v) is 5.93. The molecule has 0 spiro atoms. The van der Waals surface area contributed by atoms with E-state index in [2.05, 4.69) is 10.6 Å². The van der Waals surface area contributed by atoms with Crippen LogP contribution in [-0.2, 0) is 4.79 Å². The van der Waals surface area contributed by atoms with Crippen molar-refractivity contribution in [2.45, 2.75) is 0 Å². The van der Waals surface area contributed by atoms with Crippen LogP contribution in [0.2, 0.25) is 5.02 Å². The van der Waals surface area contributed by atoms with Crippen molar-refractivity contribution in [2.75, 3.05) is 39.1 Å². The van der Waals surface area contributed by atoms with Crippen LogP contribution in [0.25, 0.3) is 0 Å². The largest absolute Gasteiger partial charge is 0.495 e. The minimum absolute atomic E-state index is 0.157. The predicted molar refractivity (Wildman–Crippen MR) is 110 cm³/mol. The molecule has 2 aromatic rings. The average Bonchev–Trinajstić information content (AvgIpc) is 2.74. The molecule has 29 heavy (non-hydrogen) atoms. The van der Waals surface area contributed by atoms with Crippen molar-refractivity contribution in [1.29, 1.82) is 5.26 Å². The fraction of sp³-hybridized carbons (Fsp3) is 0.200. The second kappa shape index (κ2) is 10.1. The highest BCUT2D eigenvalue weighted by Crippen LogP contribution is 2.36. The molecule has 0 aromatic heterocycles. The third-order valence-electron chi connectivity index (χ3n) is 3.85. The first kappa shape index (κ1) is 21.7. The lowest BCUT2D eigenvalue weighted by atomic mass is 10.2. The molecule has 0 bridgehead atoms. The maximum absolute atomic E-state index is 12.5. The molecule has 0 heterocycles. The maximum atomic E-state index is 12.5. The van der Waals surface area contributed by atoms with Gasteiger partial charge in [-0.15, -0.1) is 0 Å². The molecule has 0 radical (unpaired) electrons. The third-order valence-corrected chi connectivity index (χ3v) is 4.15. The number of ether oxygens (including phenoxy) is 4. The van der Waals surface area contributed by atoms with Crippen molar-refractivity contribution in [3.8, 4) is 29.1 Å². The van der Waals surface area contributed by atoms with Gasteiger partial charge in [-0.3, -0.25) is 4.79 Å². The number of amides is 1. The van der Waals surface area contributed by atoms with Crippen molar-refractivity contribution in [1.82, 2.24) is 0 Å². The Labute approximate surface area is 173 Å². The number of hydrogen-bond donors (Lipinski definition) is 2. The molecule has 0 saturated heterocycles. The number of nitrogens with one attached hydrogen (secondary N) is 2. The van der Waals surface area contributed by atoms with E-state index in [1.807, 2.05) is 6.07 Å². The van der Waals surface area contributed by atoms with Crippen LogP contribution in [0, 0.1) is 11.3 Å². The Morgan fingerprint density at radius 2 is 1.62 bits per heavy atom. The van der Waals surface area contributed by atoms with Crippen molar-refractivity contribution >= 4 is 28.9 Å². The summed E-state index contributed by atoms with van der Waals surface area (Å²) in [5, 5.41) is 15.2. The Morgan fingerprint density at radius 1 is 0.966 bits per heavy atom. The highest BCUT2D eigenvalue weighted by atomic mass is 35.5. The molecule has 2 aromatic carbocycles. The SMILES string of the molecule is COc1cc(N/C=C(/C#N)C(=O)Nc2ccc(OC)c(OC)c2)c(OC)cc1Cl. The summed E-state index contributed by atoms with van der Waals surface area (Å²) in [7, 11) is 5.95. The van der Waals surface area contributed by atoms with E-state index in [1.54, 1.807) is 30.3 Å². The average molecular weight is 418 g/mol. The number of rotatable bonds is 8. The lowest BCUT2D eigenvalue weighted by molar-refractivity contribution is -0.112. The molecule has 0 aliphatic heterocycles. The van der Waals surface area contributed by atoms with Gasteiger partial charge in [0.05, 0.1) is 39.1 Å². The first-order valence-corrected chi connectivity index (χ1v) is 8.66. The molecule has 0 aliphatic rings. The number of carbonyl (C=O) groups is 1. The predicted octanol–water partition coefficient (Wildman–Crippen LogP) is 3.83. The van der Waals surface area contributed by atoms with Crippen molar-refractivity contribution in [3.63, 3.8) is 0 Å². The topological polar surface area (TPSA) is 102 Å². The van der Waals surface area contributed by atoms with Crippen LogP contribution in [0.15, 0.2) is 42.1 Å². The normalized spacial score (nSPS) is 10.6. The molecule has 2 rings (SSSR count). The fourth-order valence-corrected chi connectivity index (χ4v) is 2.61. The molecule has 0 atom stereocenters. The Hall–Kier alpha value is -3.57. The summed E-state index contributed by atoms with van der Waals surface area (Å²) >= 11 is 6.07. The lowest BCUT2D eigenvalue weighted by Crippen LogP contribution is -2.14. The zero-order chi connectivity index (χ0) is 21.4. The van der Waals surface area contributed by atoms with Crippen molar-refractivity contribution in [2.24, 2.45) is 0 Å². The molecule has 8 nitrogen and oxygen atoms in total. The molecule has 1 amide bonds. The molecular formula is C20H20ClN3O5. The van der Waals surface area contributed by atoms with Gasteiger partial charge in [0.2, 0.25) is 0 Å². The number of halogens is 1. The molecule has 0 unspecified atom stereocenters. The van der Waals surface area contributed by atoms with Gasteiger partial charge in [-0.05, 0) is 12.1 Å². The van der Waals surface area contributed by atoms with Gasteiger partial charge in [-0.25, -0.2) is 0 Å². The smallest absolute Gasteiger partial charge is 0.267 e. The molecule has 2 N–H and O–H groups in total. The van der Waals surface area contributed by atoms with Crippen LogP contribution in [-0.4, -0.2) is 34.3 Å². The monoisotopic (exact) mass is 417 g/mol. The van der Waals surface area contributed by atoms with Crippen LogP contribution in [0.4, 0.5) is 11.4 Å². The summed E-state index contributed by atoms with van der Waals surface area (Å²) in [6.07, 6.45) is 1.27. The lowest BCUT2D eigenvalue weighted by Gasteiger charge is -2.12. The first-order chi connectivity index (χ1) is 14.0. The zero-order valence-electron chi connectivity index (χ0n) is 16.3. The summed E-state index contributed by atoms with van der Waals surface area (Å²) in [6.45, 7) is 0. The Morgan fingerprint density at radius 3 is 2.21 bits per heavy atom. The molecule has 152 valence electrons. The van der Waals surface area contributed by atoms with Crippen LogP contribution in [0.1, 0.15) is 0 Å². The van der Waals surface area contributed by atoms with Gasteiger partial charge < -0.3 is 29.6 Å². The van der Waals surface area contributed by atoms with E-state index in [4.69, 9.17) is 30.5 Å². The minimum Gasteiger partial charge on any atom is -0.495 e. The number of carbonyl (C=O) groups excluding carboxylic acids is 1. The molecule has 9 heteroatoms. The highest BCUT2D eigenvalue weighted by Gasteiger charge is 2.13. The van der Waals surface area contributed by atoms with E-state index in [0.29, 0.717) is 39.4 Å². The Balaban J connectivity index is 2.22. The summed E-state index contributed by atoms with van der Waals surface area (Å²) < 4.78 is 20.8. The van der Waals surface area contributed by atoms with Gasteiger partial charge in [0.1, 0.15) is 23.1 Å². The third kappa shape index (κ3) is 5.24. The standard InChI is InChI=1S/C20H20ClN3O5/c1-26-16-6-5-13(7-19(16)29-4)24-20(25)12(10-22)11-23-15-9-17(27-2)14(21)8-18(15)28-3/h5-9,11,23H,1-4H3,(H,24,25)/b12-11-. The van der Waals surface area contributed by atoms with Gasteiger partial charge in [-0.2, -0.15) is 5.26 Å². The number of hydrogen-bond acceptors (Lipinski definition) is 7. The molecule has 0 saturated carbocycles. The van der Waals surface area contributed by atoms with E-state index in [-0.39, 0.29) is 5.57 Å². The van der Waals surface area contributed by atoms with Crippen LogP contribution in [0.5, 0.6) is 23.0 Å². The van der Waals surface area contributed by atoms with Gasteiger partial charge >= 0.3 is 0 Å². The van der Waals surface area contributed by atoms with E-state index in [9.17, 15) is 10.1 Å². The summed E-state index contributed by atoms with van der Waals surface area (Å²) in [6, 6.07) is 9.88. The summed E-state index contributed by atoms with van der Waals surface area (Å²) in [4.78, 5) is 12.5. The van der Waals surface area contributed by atoms with Crippen LogP contribution in [0.3, 0.4) is 0 Å². The summed E-state index contributed by atoms with van der Waals surface area (Å²) in [5.41, 5.74) is 0.760. The van der Waals surface area contributed by atoms with E-state index in [0.717, 1.165) is 0 Å². The van der Waals surface area contributed by atoms with Crippen molar-refractivity contribution in [3.05, 3.63) is 47.1 Å². The Kier molecular flexibility index (Phi) is 7.57.